The Balaban J connectivity index is 1.88. The summed E-state index contributed by atoms with van der Waals surface area (Å²) < 4.78 is 41.9. The van der Waals surface area contributed by atoms with Crippen LogP contribution in [0, 0.1) is 0 Å². The summed E-state index contributed by atoms with van der Waals surface area (Å²) in [7, 11) is 1.57. The molecule has 2 rings (SSSR count). The Hall–Kier alpha value is -2.01. The molecule has 1 aromatic carbocycles. The standard InChI is InChI=1S/C14H15F3N4O2S2/c1-8(11(22)18-7-14(15,16)17)24-13-21-20-12(25-13)19-9-3-5-10(23-2)6-4-9/h3-6,8H,7H2,1-2H3,(H,18,22)(H,19,20). The van der Waals surface area contributed by atoms with E-state index in [0.717, 1.165) is 23.2 Å². The van der Waals surface area contributed by atoms with E-state index in [1.165, 1.54) is 18.3 Å². The van der Waals surface area contributed by atoms with E-state index >= 15 is 0 Å². The van der Waals surface area contributed by atoms with Crippen LogP contribution >= 0.6 is 23.1 Å². The molecule has 0 spiro atoms. The minimum absolute atomic E-state index is 0.477. The molecule has 0 saturated carbocycles. The van der Waals surface area contributed by atoms with Crippen molar-refractivity contribution in [2.45, 2.75) is 22.7 Å². The molecular formula is C14H15F3N4O2S2. The number of hydrogen-bond acceptors (Lipinski definition) is 7. The maximum Gasteiger partial charge on any atom is 0.405 e. The van der Waals surface area contributed by atoms with Gasteiger partial charge in [0.1, 0.15) is 12.3 Å². The molecule has 0 fully saturated rings. The second kappa shape index (κ2) is 8.39. The first-order chi connectivity index (χ1) is 11.8. The molecule has 6 nitrogen and oxygen atoms in total. The minimum atomic E-state index is -4.43. The van der Waals surface area contributed by atoms with E-state index in [9.17, 15) is 18.0 Å². The van der Waals surface area contributed by atoms with Crippen LogP contribution < -0.4 is 15.4 Å². The summed E-state index contributed by atoms with van der Waals surface area (Å²) in [5.74, 6) is 0.0138. The van der Waals surface area contributed by atoms with Crippen molar-refractivity contribution < 1.29 is 22.7 Å². The van der Waals surface area contributed by atoms with Crippen molar-refractivity contribution in [3.8, 4) is 5.75 Å². The first-order valence-corrected chi connectivity index (χ1v) is 8.72. The summed E-state index contributed by atoms with van der Waals surface area (Å²) in [6.45, 7) is 0.158. The second-order valence-corrected chi connectivity index (χ2v) is 7.39. The predicted octanol–water partition coefficient (Wildman–Crippen LogP) is 3.45. The van der Waals surface area contributed by atoms with Crippen LogP contribution in [-0.2, 0) is 4.79 Å². The Labute approximate surface area is 150 Å². The van der Waals surface area contributed by atoms with Crippen molar-refractivity contribution in [2.24, 2.45) is 0 Å². The van der Waals surface area contributed by atoms with E-state index in [4.69, 9.17) is 4.74 Å². The summed E-state index contributed by atoms with van der Waals surface area (Å²) in [6, 6.07) is 7.18. The average Bonchev–Trinajstić information content (AvgIpc) is 2.99. The van der Waals surface area contributed by atoms with E-state index in [1.807, 2.05) is 5.32 Å². The fourth-order valence-electron chi connectivity index (χ4n) is 1.64. The number of carbonyl (C=O) groups is 1. The summed E-state index contributed by atoms with van der Waals surface area (Å²) in [5, 5.41) is 12.6. The lowest BCUT2D eigenvalue weighted by atomic mass is 10.3. The Morgan fingerprint density at radius 2 is 2.00 bits per heavy atom. The lowest BCUT2D eigenvalue weighted by Gasteiger charge is -2.11. The Bertz CT molecular complexity index is 707. The van der Waals surface area contributed by atoms with Crippen molar-refractivity contribution in [1.29, 1.82) is 0 Å². The van der Waals surface area contributed by atoms with Gasteiger partial charge in [-0.25, -0.2) is 0 Å². The molecular weight excluding hydrogens is 377 g/mol. The minimum Gasteiger partial charge on any atom is -0.497 e. The van der Waals surface area contributed by atoms with Crippen LogP contribution in [0.5, 0.6) is 5.75 Å². The number of alkyl halides is 3. The van der Waals surface area contributed by atoms with Crippen LogP contribution in [0.15, 0.2) is 28.6 Å². The zero-order chi connectivity index (χ0) is 18.4. The van der Waals surface area contributed by atoms with Crippen LogP contribution in [-0.4, -0.2) is 41.2 Å². The summed E-state index contributed by atoms with van der Waals surface area (Å²) in [6.07, 6.45) is -4.43. The molecule has 2 N–H and O–H groups in total. The van der Waals surface area contributed by atoms with Crippen molar-refractivity contribution in [3.63, 3.8) is 0 Å². The summed E-state index contributed by atoms with van der Waals surface area (Å²) in [4.78, 5) is 11.6. The number of benzene rings is 1. The monoisotopic (exact) mass is 392 g/mol. The van der Waals surface area contributed by atoms with E-state index in [2.05, 4.69) is 15.5 Å². The Morgan fingerprint density at radius 1 is 1.32 bits per heavy atom. The number of halogens is 3. The average molecular weight is 392 g/mol. The van der Waals surface area contributed by atoms with Gasteiger partial charge in [0.25, 0.3) is 0 Å². The second-order valence-electron chi connectivity index (χ2n) is 4.82. The molecule has 0 bridgehead atoms. The number of carbonyl (C=O) groups excluding carboxylic acids is 1. The number of rotatable bonds is 7. The molecule has 1 amide bonds. The van der Waals surface area contributed by atoms with Gasteiger partial charge in [0.15, 0.2) is 4.34 Å². The largest absolute Gasteiger partial charge is 0.497 e. The van der Waals surface area contributed by atoms with Crippen LogP contribution in [0.2, 0.25) is 0 Å². The molecule has 2 aromatic rings. The van der Waals surface area contributed by atoms with Gasteiger partial charge >= 0.3 is 6.18 Å². The molecule has 25 heavy (non-hydrogen) atoms. The van der Waals surface area contributed by atoms with Crippen molar-refractivity contribution in [1.82, 2.24) is 15.5 Å². The number of aromatic nitrogens is 2. The van der Waals surface area contributed by atoms with Gasteiger partial charge < -0.3 is 15.4 Å². The number of ether oxygens (including phenoxy) is 1. The van der Waals surface area contributed by atoms with Gasteiger partial charge in [-0.1, -0.05) is 23.1 Å². The molecule has 0 aliphatic rings. The topological polar surface area (TPSA) is 76.1 Å². The molecule has 1 unspecified atom stereocenters. The van der Waals surface area contributed by atoms with Gasteiger partial charge in [-0.2, -0.15) is 13.2 Å². The third kappa shape index (κ3) is 6.42. The van der Waals surface area contributed by atoms with Crippen LogP contribution in [0.25, 0.3) is 0 Å². The first-order valence-electron chi connectivity index (χ1n) is 7.02. The molecule has 0 aliphatic carbocycles. The van der Waals surface area contributed by atoms with E-state index in [1.54, 1.807) is 31.4 Å². The van der Waals surface area contributed by atoms with Gasteiger partial charge in [0, 0.05) is 5.69 Å². The van der Waals surface area contributed by atoms with Gasteiger partial charge in [0.05, 0.1) is 12.4 Å². The lowest BCUT2D eigenvalue weighted by molar-refractivity contribution is -0.137. The fourth-order valence-corrected chi connectivity index (χ4v) is 3.58. The molecule has 0 saturated heterocycles. The number of nitrogens with one attached hydrogen (secondary N) is 2. The van der Waals surface area contributed by atoms with Gasteiger partial charge in [-0.15, -0.1) is 10.2 Å². The van der Waals surface area contributed by atoms with Gasteiger partial charge in [-0.3, -0.25) is 4.79 Å². The number of anilines is 2. The van der Waals surface area contributed by atoms with E-state index in [0.29, 0.717) is 9.47 Å². The SMILES string of the molecule is COc1ccc(Nc2nnc(SC(C)C(=O)NCC(F)(F)F)s2)cc1. The lowest BCUT2D eigenvalue weighted by Crippen LogP contribution is -2.37. The van der Waals surface area contributed by atoms with Crippen molar-refractivity contribution >= 4 is 39.8 Å². The molecule has 0 radical (unpaired) electrons. The molecule has 11 heteroatoms. The first kappa shape index (κ1) is 19.3. The van der Waals surface area contributed by atoms with Crippen LogP contribution in [0.1, 0.15) is 6.92 Å². The van der Waals surface area contributed by atoms with Gasteiger partial charge in [0.2, 0.25) is 11.0 Å². The quantitative estimate of drug-likeness (QED) is 0.703. The molecule has 136 valence electrons. The smallest absolute Gasteiger partial charge is 0.405 e. The number of thioether (sulfide) groups is 1. The molecule has 1 heterocycles. The normalized spacial score (nSPS) is 12.5. The van der Waals surface area contributed by atoms with Crippen LogP contribution in [0.3, 0.4) is 0 Å². The zero-order valence-corrected chi connectivity index (χ0v) is 14.9. The number of hydrogen-bond donors (Lipinski definition) is 2. The fraction of sp³-hybridized carbons (Fsp3) is 0.357. The zero-order valence-electron chi connectivity index (χ0n) is 13.3. The number of methoxy groups -OCH3 is 1. The predicted molar refractivity (Wildman–Crippen MR) is 90.6 cm³/mol. The summed E-state index contributed by atoms with van der Waals surface area (Å²) >= 11 is 2.25. The highest BCUT2D eigenvalue weighted by atomic mass is 32.2. The third-order valence-electron chi connectivity index (χ3n) is 2.86. The summed E-state index contributed by atoms with van der Waals surface area (Å²) in [5.41, 5.74) is 0.782. The van der Waals surface area contributed by atoms with E-state index < -0.39 is 23.9 Å². The Morgan fingerprint density at radius 3 is 2.60 bits per heavy atom. The highest BCUT2D eigenvalue weighted by Gasteiger charge is 2.29. The highest BCUT2D eigenvalue weighted by Crippen LogP contribution is 2.30. The molecule has 1 atom stereocenters. The van der Waals surface area contributed by atoms with Crippen molar-refractivity contribution in [3.05, 3.63) is 24.3 Å². The maximum atomic E-state index is 12.1. The molecule has 1 aromatic heterocycles. The number of nitrogens with zero attached hydrogens (tertiary/aromatic N) is 2. The van der Waals surface area contributed by atoms with Crippen LogP contribution in [0.4, 0.5) is 24.0 Å². The van der Waals surface area contributed by atoms with E-state index in [-0.39, 0.29) is 0 Å². The Kier molecular flexibility index (Phi) is 6.48. The number of amides is 1. The van der Waals surface area contributed by atoms with Crippen molar-refractivity contribution in [2.75, 3.05) is 19.0 Å². The van der Waals surface area contributed by atoms with Gasteiger partial charge in [-0.05, 0) is 31.2 Å². The maximum absolute atomic E-state index is 12.1. The highest BCUT2D eigenvalue weighted by molar-refractivity contribution is 8.02. The third-order valence-corrected chi connectivity index (χ3v) is 4.88. The molecule has 0 aliphatic heterocycles.